The van der Waals surface area contributed by atoms with Crippen molar-refractivity contribution < 1.29 is 4.79 Å². The minimum atomic E-state index is -0.284. The molecule has 62 valence electrons. The summed E-state index contributed by atoms with van der Waals surface area (Å²) in [6, 6.07) is 7.72. The van der Waals surface area contributed by atoms with Gasteiger partial charge in [-0.3, -0.25) is 0 Å². The third-order valence-electron chi connectivity index (χ3n) is 1.83. The monoisotopic (exact) mass is 223 g/mol. The van der Waals surface area contributed by atoms with E-state index in [9.17, 15) is 4.79 Å². The maximum absolute atomic E-state index is 10.9. The summed E-state index contributed by atoms with van der Waals surface area (Å²) in [5, 5.41) is 0. The van der Waals surface area contributed by atoms with Crippen LogP contribution in [0.4, 0.5) is 0 Å². The molecule has 2 nitrogen and oxygen atoms in total. The van der Waals surface area contributed by atoms with Gasteiger partial charge in [0.25, 0.3) is 0 Å². The molecule has 1 unspecified atom stereocenters. The predicted molar refractivity (Wildman–Crippen MR) is 49.4 cm³/mol. The molecule has 12 heavy (non-hydrogen) atoms. The summed E-state index contributed by atoms with van der Waals surface area (Å²) in [5.74, 6) is -0.488. The van der Waals surface area contributed by atoms with Crippen molar-refractivity contribution in [3.63, 3.8) is 0 Å². The molecule has 1 atom stereocenters. The van der Waals surface area contributed by atoms with Crippen LogP contribution < -0.4 is 10.1 Å². The molecule has 0 spiro atoms. The Labute approximate surface area is 80.6 Å². The number of hydrogen-bond acceptors (Lipinski definition) is 1. The number of benzene rings is 1. The van der Waals surface area contributed by atoms with E-state index in [0.29, 0.717) is 0 Å². The molecule has 3 heteroatoms. The molecule has 0 saturated carbocycles. The molecule has 0 heterocycles. The maximum atomic E-state index is 10.9. The van der Waals surface area contributed by atoms with E-state index >= 15 is 0 Å². The third-order valence-corrected chi connectivity index (χ3v) is 2.68. The number of nitrogens with two attached hydrogens (primary N) is 1. The molecule has 0 aromatic heterocycles. The minimum absolute atomic E-state index is 0.204. The number of carbonyl (C=O) groups excluding carboxylic acids is 1. The zero-order valence-corrected chi connectivity index (χ0v) is 8.70. The van der Waals surface area contributed by atoms with E-state index in [2.05, 4.69) is 16.9 Å². The van der Waals surface area contributed by atoms with Gasteiger partial charge in [0.1, 0.15) is 0 Å². The first-order valence-corrected chi connectivity index (χ1v) is 4.64. The standard InChI is InChI=1S/C9H10AsNO/c1-6(9(11)12)7-4-2-3-5-8(7)10/h2-6H,1H3,(H2,11,12). The fourth-order valence-electron chi connectivity index (χ4n) is 1.01. The van der Waals surface area contributed by atoms with Crippen LogP contribution in [0.3, 0.4) is 0 Å². The van der Waals surface area contributed by atoms with E-state index in [0.717, 1.165) is 9.91 Å². The van der Waals surface area contributed by atoms with Crippen LogP contribution in [0.25, 0.3) is 0 Å². The Bertz CT molecular complexity index is 298. The van der Waals surface area contributed by atoms with Gasteiger partial charge in [-0.1, -0.05) is 0 Å². The quantitative estimate of drug-likeness (QED) is 0.708. The molecule has 1 aromatic rings. The Morgan fingerprint density at radius 1 is 1.50 bits per heavy atom. The van der Waals surface area contributed by atoms with E-state index in [1.165, 1.54) is 0 Å². The van der Waals surface area contributed by atoms with Gasteiger partial charge in [0.2, 0.25) is 0 Å². The first kappa shape index (κ1) is 9.34. The normalized spacial score (nSPS) is 12.5. The van der Waals surface area contributed by atoms with Crippen LogP contribution >= 0.6 is 0 Å². The van der Waals surface area contributed by atoms with Crippen molar-refractivity contribution in [2.75, 3.05) is 0 Å². The van der Waals surface area contributed by atoms with Gasteiger partial charge in [0, 0.05) is 0 Å². The number of primary amides is 1. The summed E-state index contributed by atoms with van der Waals surface area (Å²) in [5.41, 5.74) is 6.18. The molecule has 2 radical (unpaired) electrons. The summed E-state index contributed by atoms with van der Waals surface area (Å²) in [7, 11) is 0. The first-order valence-electron chi connectivity index (χ1n) is 3.70. The van der Waals surface area contributed by atoms with Gasteiger partial charge in [0.05, 0.1) is 0 Å². The van der Waals surface area contributed by atoms with Crippen LogP contribution in [-0.2, 0) is 4.79 Å². The molecule has 0 aliphatic carbocycles. The van der Waals surface area contributed by atoms with Crippen LogP contribution in [0.2, 0.25) is 0 Å². The van der Waals surface area contributed by atoms with Crippen molar-refractivity contribution in [1.29, 1.82) is 0 Å². The zero-order chi connectivity index (χ0) is 9.14. The number of amides is 1. The fraction of sp³-hybridized carbons (Fsp3) is 0.222. The van der Waals surface area contributed by atoms with Crippen LogP contribution in [0.15, 0.2) is 24.3 Å². The summed E-state index contributed by atoms with van der Waals surface area (Å²) in [6.45, 7) is 1.81. The van der Waals surface area contributed by atoms with Gasteiger partial charge in [-0.25, -0.2) is 0 Å². The van der Waals surface area contributed by atoms with Crippen molar-refractivity contribution in [3.8, 4) is 0 Å². The molecule has 0 aliphatic rings. The molecular weight excluding hydrogens is 213 g/mol. The van der Waals surface area contributed by atoms with Gasteiger partial charge >= 0.3 is 80.3 Å². The topological polar surface area (TPSA) is 43.1 Å². The molecule has 1 rings (SSSR count). The third kappa shape index (κ3) is 1.89. The van der Waals surface area contributed by atoms with Gasteiger partial charge in [-0.15, -0.1) is 0 Å². The van der Waals surface area contributed by atoms with Crippen LogP contribution in [0, 0.1) is 0 Å². The van der Waals surface area contributed by atoms with Crippen LogP contribution in [0.1, 0.15) is 18.4 Å². The van der Waals surface area contributed by atoms with Crippen LogP contribution in [0.5, 0.6) is 0 Å². The van der Waals surface area contributed by atoms with Gasteiger partial charge in [0.15, 0.2) is 0 Å². The van der Waals surface area contributed by atoms with Gasteiger partial charge in [-0.2, -0.15) is 0 Å². The van der Waals surface area contributed by atoms with Crippen molar-refractivity contribution in [1.82, 2.24) is 0 Å². The summed E-state index contributed by atoms with van der Waals surface area (Å²) >= 11 is 2.44. The van der Waals surface area contributed by atoms with Gasteiger partial charge in [-0.05, 0) is 0 Å². The average Bonchev–Trinajstić information content (AvgIpc) is 2.04. The molecule has 0 aliphatic heterocycles. The molecule has 1 aromatic carbocycles. The predicted octanol–water partition coefficient (Wildman–Crippen LogP) is 0.0692. The summed E-state index contributed by atoms with van der Waals surface area (Å²) < 4.78 is 1.05. The fourth-order valence-corrected chi connectivity index (χ4v) is 1.75. The van der Waals surface area contributed by atoms with E-state index in [4.69, 9.17) is 5.73 Å². The molecule has 0 bridgehead atoms. The SMILES string of the molecule is CC(C(N)=O)c1ccccc1[As]. The molecular formula is C9H10AsNO. The van der Waals surface area contributed by atoms with Crippen LogP contribution in [-0.4, -0.2) is 22.8 Å². The number of carbonyl (C=O) groups is 1. The van der Waals surface area contributed by atoms with Crippen molar-refractivity contribution in [2.45, 2.75) is 12.8 Å². The van der Waals surface area contributed by atoms with Crippen molar-refractivity contribution in [2.24, 2.45) is 5.73 Å². The summed E-state index contributed by atoms with van der Waals surface area (Å²) in [4.78, 5) is 10.9. The van der Waals surface area contributed by atoms with E-state index < -0.39 is 0 Å². The number of rotatable bonds is 2. The molecule has 0 saturated heterocycles. The Balaban J connectivity index is 3.02. The van der Waals surface area contributed by atoms with E-state index in [1.807, 2.05) is 31.2 Å². The van der Waals surface area contributed by atoms with Crippen molar-refractivity contribution >= 4 is 27.1 Å². The van der Waals surface area contributed by atoms with E-state index in [-0.39, 0.29) is 11.8 Å². The van der Waals surface area contributed by atoms with E-state index in [1.54, 1.807) is 0 Å². The molecule has 1 amide bonds. The molecule has 0 fully saturated rings. The van der Waals surface area contributed by atoms with Crippen molar-refractivity contribution in [3.05, 3.63) is 29.8 Å². The average molecular weight is 223 g/mol. The summed E-state index contributed by atoms with van der Waals surface area (Å²) in [6.07, 6.45) is 0. The first-order chi connectivity index (χ1) is 5.63. The second kappa shape index (κ2) is 3.77. The molecule has 2 N–H and O–H groups in total. The Hall–Kier alpha value is -0.752. The Morgan fingerprint density at radius 3 is 2.58 bits per heavy atom. The second-order valence-electron chi connectivity index (χ2n) is 2.68. The number of hydrogen-bond donors (Lipinski definition) is 1. The zero-order valence-electron chi connectivity index (χ0n) is 6.82. The Kier molecular flexibility index (Phi) is 2.93. The Morgan fingerprint density at radius 2 is 2.08 bits per heavy atom. The second-order valence-corrected chi connectivity index (χ2v) is 3.69. The van der Waals surface area contributed by atoms with Gasteiger partial charge < -0.3 is 0 Å².